The van der Waals surface area contributed by atoms with Gasteiger partial charge in [-0.25, -0.2) is 17.4 Å². The second kappa shape index (κ2) is 5.65. The molecular weight excluding hydrogens is 300 g/mol. The number of hydrogen-bond acceptors (Lipinski definition) is 4. The van der Waals surface area contributed by atoms with Gasteiger partial charge >= 0.3 is 0 Å². The molecule has 0 atom stereocenters. The van der Waals surface area contributed by atoms with E-state index in [1.165, 1.54) is 16.4 Å². The summed E-state index contributed by atoms with van der Waals surface area (Å²) in [7, 11) is -2.02. The van der Waals surface area contributed by atoms with E-state index in [0.29, 0.717) is 5.88 Å². The van der Waals surface area contributed by atoms with E-state index in [0.717, 1.165) is 11.1 Å². The van der Waals surface area contributed by atoms with Crippen LogP contribution in [0.4, 0.5) is 0 Å². The van der Waals surface area contributed by atoms with E-state index in [1.807, 2.05) is 12.1 Å². The summed E-state index contributed by atoms with van der Waals surface area (Å²) in [5.41, 5.74) is 1.61. The molecule has 0 saturated heterocycles. The van der Waals surface area contributed by atoms with E-state index < -0.39 is 10.0 Å². The Labute approximate surface area is 128 Å². The minimum absolute atomic E-state index is 0.233. The van der Waals surface area contributed by atoms with Crippen molar-refractivity contribution in [2.24, 2.45) is 0 Å². The summed E-state index contributed by atoms with van der Waals surface area (Å²) in [4.78, 5) is 4.37. The molecule has 0 aliphatic carbocycles. The van der Waals surface area contributed by atoms with Crippen LogP contribution in [0.2, 0.25) is 0 Å². The predicted octanol–water partition coefficient (Wildman–Crippen LogP) is 2.80. The summed E-state index contributed by atoms with van der Waals surface area (Å²) in [5.74, 6) is 0.514. The predicted molar refractivity (Wildman–Crippen MR) is 83.2 cm³/mol. The molecule has 0 saturated carbocycles. The monoisotopic (exact) mass is 314 g/mol. The van der Waals surface area contributed by atoms with Crippen LogP contribution in [0.5, 0.6) is 5.88 Å². The molecular formula is C16H14N2O3S. The molecule has 0 radical (unpaired) electrons. The first-order valence-electron chi connectivity index (χ1n) is 6.60. The number of methoxy groups -OCH3 is 1. The van der Waals surface area contributed by atoms with Crippen LogP contribution in [-0.2, 0) is 10.0 Å². The molecule has 2 aromatic heterocycles. The molecule has 0 bridgehead atoms. The Kier molecular flexibility index (Phi) is 3.68. The summed E-state index contributed by atoms with van der Waals surface area (Å²) in [6, 6.07) is 13.7. The molecule has 0 aliphatic heterocycles. The van der Waals surface area contributed by atoms with Crippen LogP contribution in [0.3, 0.4) is 0 Å². The van der Waals surface area contributed by atoms with E-state index in [4.69, 9.17) is 4.74 Å². The highest BCUT2D eigenvalue weighted by Gasteiger charge is 2.16. The third-order valence-corrected chi connectivity index (χ3v) is 4.91. The van der Waals surface area contributed by atoms with E-state index >= 15 is 0 Å². The molecule has 112 valence electrons. The maximum Gasteiger partial charge on any atom is 0.267 e. The molecule has 0 spiro atoms. The summed E-state index contributed by atoms with van der Waals surface area (Å²) < 4.78 is 31.2. The van der Waals surface area contributed by atoms with Crippen molar-refractivity contribution in [2.75, 3.05) is 7.11 Å². The molecule has 0 fully saturated rings. The van der Waals surface area contributed by atoms with Crippen LogP contribution >= 0.6 is 0 Å². The number of hydrogen-bond donors (Lipinski definition) is 0. The van der Waals surface area contributed by atoms with E-state index in [1.54, 1.807) is 49.7 Å². The number of nitrogens with zero attached hydrogens (tertiary/aromatic N) is 2. The van der Waals surface area contributed by atoms with E-state index in [-0.39, 0.29) is 4.90 Å². The maximum absolute atomic E-state index is 12.5. The van der Waals surface area contributed by atoms with Gasteiger partial charge in [0, 0.05) is 30.2 Å². The van der Waals surface area contributed by atoms with Crippen LogP contribution in [0.25, 0.3) is 11.1 Å². The van der Waals surface area contributed by atoms with Gasteiger partial charge in [-0.2, -0.15) is 0 Å². The minimum atomic E-state index is -3.57. The SMILES string of the molecule is COc1ccc(-c2cccc(S(=O)(=O)n3cccc3)c2)cn1. The molecule has 0 unspecified atom stereocenters. The van der Waals surface area contributed by atoms with E-state index in [9.17, 15) is 8.42 Å². The standard InChI is InChI=1S/C16H14N2O3S/c1-21-16-8-7-14(12-17-16)13-5-4-6-15(11-13)22(19,20)18-9-2-3-10-18/h2-12H,1H3. The third-order valence-electron chi connectivity index (χ3n) is 3.27. The molecule has 3 aromatic rings. The van der Waals surface area contributed by atoms with Crippen molar-refractivity contribution in [3.8, 4) is 17.0 Å². The van der Waals surface area contributed by atoms with Crippen molar-refractivity contribution < 1.29 is 13.2 Å². The zero-order valence-corrected chi connectivity index (χ0v) is 12.7. The van der Waals surface area contributed by atoms with Gasteiger partial charge in [0.2, 0.25) is 5.88 Å². The Balaban J connectivity index is 2.02. The molecule has 2 heterocycles. The van der Waals surface area contributed by atoms with Gasteiger partial charge in [0.25, 0.3) is 10.0 Å². The van der Waals surface area contributed by atoms with Crippen molar-refractivity contribution in [3.63, 3.8) is 0 Å². The lowest BCUT2D eigenvalue weighted by atomic mass is 10.1. The minimum Gasteiger partial charge on any atom is -0.481 e. The number of benzene rings is 1. The Morgan fingerprint density at radius 1 is 1.00 bits per heavy atom. The summed E-state index contributed by atoms with van der Waals surface area (Å²) >= 11 is 0. The van der Waals surface area contributed by atoms with Crippen LogP contribution in [0.15, 0.2) is 72.0 Å². The molecule has 22 heavy (non-hydrogen) atoms. The van der Waals surface area contributed by atoms with Crippen LogP contribution in [0.1, 0.15) is 0 Å². The fourth-order valence-corrected chi connectivity index (χ4v) is 3.34. The molecule has 5 nitrogen and oxygen atoms in total. The highest BCUT2D eigenvalue weighted by Crippen LogP contribution is 2.24. The Bertz CT molecular complexity index is 870. The van der Waals surface area contributed by atoms with Gasteiger partial charge in [-0.1, -0.05) is 12.1 Å². The number of aromatic nitrogens is 2. The van der Waals surface area contributed by atoms with Crippen LogP contribution in [-0.4, -0.2) is 24.5 Å². The first kappa shape index (κ1) is 14.3. The second-order valence-corrected chi connectivity index (χ2v) is 6.48. The molecule has 3 rings (SSSR count). The first-order valence-corrected chi connectivity index (χ1v) is 8.04. The zero-order chi connectivity index (χ0) is 15.6. The quantitative estimate of drug-likeness (QED) is 0.743. The summed E-state index contributed by atoms with van der Waals surface area (Å²) in [5, 5.41) is 0. The first-order chi connectivity index (χ1) is 10.6. The zero-order valence-electron chi connectivity index (χ0n) is 11.9. The lowest BCUT2D eigenvalue weighted by Gasteiger charge is -2.08. The summed E-state index contributed by atoms with van der Waals surface area (Å²) in [6.07, 6.45) is 4.67. The van der Waals surface area contributed by atoms with Crippen molar-refractivity contribution in [1.29, 1.82) is 0 Å². The van der Waals surface area contributed by atoms with Crippen molar-refractivity contribution in [1.82, 2.24) is 8.96 Å². The van der Waals surface area contributed by atoms with Gasteiger partial charge < -0.3 is 4.74 Å². The van der Waals surface area contributed by atoms with Crippen molar-refractivity contribution >= 4 is 10.0 Å². The average Bonchev–Trinajstić information content (AvgIpc) is 3.10. The van der Waals surface area contributed by atoms with Crippen molar-refractivity contribution in [2.45, 2.75) is 4.90 Å². The van der Waals surface area contributed by atoms with Gasteiger partial charge in [-0.3, -0.25) is 0 Å². The van der Waals surface area contributed by atoms with Gasteiger partial charge in [-0.05, 0) is 35.9 Å². The van der Waals surface area contributed by atoms with Crippen molar-refractivity contribution in [3.05, 3.63) is 67.1 Å². The Morgan fingerprint density at radius 3 is 2.41 bits per heavy atom. The molecule has 0 N–H and O–H groups in total. The fourth-order valence-electron chi connectivity index (χ4n) is 2.11. The van der Waals surface area contributed by atoms with Gasteiger partial charge in [-0.15, -0.1) is 0 Å². The topological polar surface area (TPSA) is 61.2 Å². The largest absolute Gasteiger partial charge is 0.481 e. The highest BCUT2D eigenvalue weighted by atomic mass is 32.2. The second-order valence-electron chi connectivity index (χ2n) is 4.64. The molecule has 1 aromatic carbocycles. The van der Waals surface area contributed by atoms with E-state index in [2.05, 4.69) is 4.98 Å². The maximum atomic E-state index is 12.5. The Morgan fingerprint density at radius 2 is 1.77 bits per heavy atom. The van der Waals surface area contributed by atoms with Gasteiger partial charge in [0.05, 0.1) is 12.0 Å². The van der Waals surface area contributed by atoms with Gasteiger partial charge in [0.1, 0.15) is 0 Å². The third kappa shape index (κ3) is 2.60. The number of ether oxygens (including phenoxy) is 1. The van der Waals surface area contributed by atoms with Crippen LogP contribution < -0.4 is 4.74 Å². The highest BCUT2D eigenvalue weighted by molar-refractivity contribution is 7.90. The summed E-state index contributed by atoms with van der Waals surface area (Å²) in [6.45, 7) is 0. The lowest BCUT2D eigenvalue weighted by Crippen LogP contribution is -2.10. The smallest absolute Gasteiger partial charge is 0.267 e. The van der Waals surface area contributed by atoms with Crippen LogP contribution in [0, 0.1) is 0 Å². The Hall–Kier alpha value is -2.60. The molecule has 0 aliphatic rings. The fraction of sp³-hybridized carbons (Fsp3) is 0.0625. The number of rotatable bonds is 4. The van der Waals surface area contributed by atoms with Gasteiger partial charge in [0.15, 0.2) is 0 Å². The average molecular weight is 314 g/mol. The lowest BCUT2D eigenvalue weighted by molar-refractivity contribution is 0.398. The molecule has 0 amide bonds. The number of pyridine rings is 1. The normalized spacial score (nSPS) is 11.3. The molecule has 6 heteroatoms.